The number of pyridine rings is 1. The van der Waals surface area contributed by atoms with Crippen LogP contribution in [0, 0.1) is 10.1 Å². The first kappa shape index (κ1) is 14.4. The minimum atomic E-state index is -0.486. The SMILES string of the molecule is NCCNc1ccc([N+](=O)[O-])c2sc3ncccc3c(=O)c12. The molecule has 2 heterocycles. The Kier molecular flexibility index (Phi) is 3.70. The number of aromatic nitrogens is 1. The van der Waals surface area contributed by atoms with Gasteiger partial charge in [-0.1, -0.05) is 0 Å². The number of anilines is 1. The molecule has 0 unspecified atom stereocenters. The molecule has 0 saturated heterocycles. The number of benzene rings is 1. The van der Waals surface area contributed by atoms with Crippen molar-refractivity contribution >= 4 is 43.0 Å². The van der Waals surface area contributed by atoms with Crippen LogP contribution in [0.5, 0.6) is 0 Å². The molecule has 0 saturated carbocycles. The van der Waals surface area contributed by atoms with Gasteiger partial charge in [-0.3, -0.25) is 14.9 Å². The molecular weight excluding hydrogens is 304 g/mol. The fourth-order valence-corrected chi connectivity index (χ4v) is 3.40. The fourth-order valence-electron chi connectivity index (χ4n) is 2.27. The minimum Gasteiger partial charge on any atom is -0.383 e. The van der Waals surface area contributed by atoms with Gasteiger partial charge in [-0.2, -0.15) is 0 Å². The maximum absolute atomic E-state index is 12.7. The third kappa shape index (κ3) is 2.28. The number of fused-ring (bicyclic) bond motifs is 2. The molecule has 0 atom stereocenters. The van der Waals surface area contributed by atoms with E-state index in [9.17, 15) is 14.9 Å². The van der Waals surface area contributed by atoms with Gasteiger partial charge in [-0.15, -0.1) is 11.3 Å². The van der Waals surface area contributed by atoms with Crippen molar-refractivity contribution in [3.8, 4) is 0 Å². The third-order valence-corrected chi connectivity index (χ3v) is 4.37. The summed E-state index contributed by atoms with van der Waals surface area (Å²) in [5.74, 6) is 0. The van der Waals surface area contributed by atoms with Crippen LogP contribution in [0.15, 0.2) is 35.3 Å². The molecule has 2 aromatic heterocycles. The summed E-state index contributed by atoms with van der Waals surface area (Å²) in [5, 5.41) is 15.1. The molecular formula is C14H12N4O3S. The van der Waals surface area contributed by atoms with Crippen LogP contribution >= 0.6 is 11.3 Å². The Hall–Kier alpha value is -2.58. The van der Waals surface area contributed by atoms with Crippen molar-refractivity contribution < 1.29 is 4.92 Å². The zero-order chi connectivity index (χ0) is 15.7. The Morgan fingerprint density at radius 3 is 2.91 bits per heavy atom. The van der Waals surface area contributed by atoms with Gasteiger partial charge in [0.15, 0.2) is 5.43 Å². The van der Waals surface area contributed by atoms with E-state index in [0.717, 1.165) is 11.3 Å². The van der Waals surface area contributed by atoms with Crippen molar-refractivity contribution in [2.45, 2.75) is 0 Å². The first-order valence-electron chi connectivity index (χ1n) is 6.56. The molecule has 7 nitrogen and oxygen atoms in total. The number of non-ortho nitro benzene ring substituents is 1. The average Bonchev–Trinajstić information content (AvgIpc) is 2.52. The minimum absolute atomic E-state index is 0.0945. The summed E-state index contributed by atoms with van der Waals surface area (Å²) in [6.45, 7) is 0.868. The van der Waals surface area contributed by atoms with Gasteiger partial charge in [-0.25, -0.2) is 4.98 Å². The molecule has 0 aliphatic carbocycles. The topological polar surface area (TPSA) is 111 Å². The Bertz CT molecular complexity index is 938. The monoisotopic (exact) mass is 316 g/mol. The quantitative estimate of drug-likeness (QED) is 0.433. The number of nitro groups is 1. The van der Waals surface area contributed by atoms with Crippen LogP contribution in [0.4, 0.5) is 11.4 Å². The van der Waals surface area contributed by atoms with Crippen LogP contribution in [0.25, 0.3) is 20.3 Å². The van der Waals surface area contributed by atoms with Crippen LogP contribution in [0.2, 0.25) is 0 Å². The summed E-state index contributed by atoms with van der Waals surface area (Å²) in [5.41, 5.74) is 5.67. The van der Waals surface area contributed by atoms with E-state index in [0.29, 0.717) is 39.1 Å². The second-order valence-electron chi connectivity index (χ2n) is 4.60. The molecule has 0 bridgehead atoms. The van der Waals surface area contributed by atoms with E-state index in [2.05, 4.69) is 10.3 Å². The van der Waals surface area contributed by atoms with E-state index in [1.807, 2.05) is 0 Å². The number of nitrogens with one attached hydrogen (secondary N) is 1. The lowest BCUT2D eigenvalue weighted by Crippen LogP contribution is -2.15. The van der Waals surface area contributed by atoms with Crippen LogP contribution in [0.3, 0.4) is 0 Å². The fraction of sp³-hybridized carbons (Fsp3) is 0.143. The second-order valence-corrected chi connectivity index (χ2v) is 5.60. The van der Waals surface area contributed by atoms with Crippen LogP contribution in [-0.2, 0) is 0 Å². The smallest absolute Gasteiger partial charge is 0.287 e. The maximum atomic E-state index is 12.7. The van der Waals surface area contributed by atoms with Gasteiger partial charge in [0, 0.05) is 31.0 Å². The standard InChI is InChI=1S/C14H12N4O3S/c15-5-7-16-9-3-4-10(18(20)21)13-11(9)12(19)8-2-1-6-17-14(8)22-13/h1-4,6,16H,5,7,15H2. The molecule has 8 heteroatoms. The molecule has 0 aliphatic rings. The highest BCUT2D eigenvalue weighted by Gasteiger charge is 2.19. The predicted molar refractivity (Wildman–Crippen MR) is 87.6 cm³/mol. The Balaban J connectivity index is 2.45. The number of nitrogens with zero attached hydrogens (tertiary/aromatic N) is 2. The lowest BCUT2D eigenvalue weighted by molar-refractivity contribution is -0.382. The van der Waals surface area contributed by atoms with E-state index in [4.69, 9.17) is 5.73 Å². The molecule has 0 amide bonds. The van der Waals surface area contributed by atoms with E-state index in [-0.39, 0.29) is 11.1 Å². The summed E-state index contributed by atoms with van der Waals surface area (Å²) in [6, 6.07) is 6.29. The van der Waals surface area contributed by atoms with Crippen molar-refractivity contribution in [2.24, 2.45) is 5.73 Å². The summed E-state index contributed by atoms with van der Waals surface area (Å²) >= 11 is 1.14. The van der Waals surface area contributed by atoms with E-state index < -0.39 is 4.92 Å². The Morgan fingerprint density at radius 2 is 2.18 bits per heavy atom. The Labute approximate surface area is 128 Å². The zero-order valence-electron chi connectivity index (χ0n) is 11.4. The molecule has 1 aromatic carbocycles. The third-order valence-electron chi connectivity index (χ3n) is 3.23. The highest BCUT2D eigenvalue weighted by molar-refractivity contribution is 7.24. The van der Waals surface area contributed by atoms with E-state index in [1.165, 1.54) is 6.07 Å². The second kappa shape index (κ2) is 5.66. The van der Waals surface area contributed by atoms with Crippen molar-refractivity contribution in [1.29, 1.82) is 0 Å². The van der Waals surface area contributed by atoms with Crippen LogP contribution in [0.1, 0.15) is 0 Å². The molecule has 0 aliphatic heterocycles. The molecule has 3 rings (SSSR count). The largest absolute Gasteiger partial charge is 0.383 e. The summed E-state index contributed by atoms with van der Waals surface area (Å²) in [6.07, 6.45) is 1.56. The molecule has 112 valence electrons. The predicted octanol–water partition coefficient (Wildman–Crippen LogP) is 2.09. The molecule has 22 heavy (non-hydrogen) atoms. The van der Waals surface area contributed by atoms with Gasteiger partial charge >= 0.3 is 0 Å². The average molecular weight is 316 g/mol. The van der Waals surface area contributed by atoms with Crippen molar-refractivity contribution in [3.63, 3.8) is 0 Å². The molecule has 0 radical (unpaired) electrons. The molecule has 3 aromatic rings. The first-order chi connectivity index (χ1) is 10.6. The van der Waals surface area contributed by atoms with Gasteiger partial charge in [-0.05, 0) is 18.2 Å². The zero-order valence-corrected chi connectivity index (χ0v) is 12.2. The van der Waals surface area contributed by atoms with E-state index >= 15 is 0 Å². The lowest BCUT2D eigenvalue weighted by atomic mass is 10.1. The molecule has 0 fully saturated rings. The summed E-state index contributed by atoms with van der Waals surface area (Å²) in [4.78, 5) is 28.1. The Morgan fingerprint density at radius 1 is 1.36 bits per heavy atom. The van der Waals surface area contributed by atoms with Gasteiger partial charge in [0.2, 0.25) is 0 Å². The van der Waals surface area contributed by atoms with E-state index in [1.54, 1.807) is 24.4 Å². The van der Waals surface area contributed by atoms with Crippen LogP contribution < -0.4 is 16.5 Å². The maximum Gasteiger partial charge on any atom is 0.287 e. The van der Waals surface area contributed by atoms with Crippen molar-refractivity contribution in [1.82, 2.24) is 4.98 Å². The van der Waals surface area contributed by atoms with Crippen molar-refractivity contribution in [2.75, 3.05) is 18.4 Å². The van der Waals surface area contributed by atoms with Gasteiger partial charge in [0.05, 0.1) is 15.7 Å². The molecule has 0 spiro atoms. The number of rotatable bonds is 4. The normalized spacial score (nSPS) is 11.0. The highest BCUT2D eigenvalue weighted by atomic mass is 32.1. The molecule has 3 N–H and O–H groups in total. The number of nitro benzene ring substituents is 1. The summed E-state index contributed by atoms with van der Waals surface area (Å²) < 4.78 is 0.322. The number of hydrogen-bond donors (Lipinski definition) is 2. The van der Waals surface area contributed by atoms with Gasteiger partial charge < -0.3 is 11.1 Å². The summed E-state index contributed by atoms with van der Waals surface area (Å²) in [7, 11) is 0. The number of nitrogens with two attached hydrogens (primary N) is 1. The highest BCUT2D eigenvalue weighted by Crippen LogP contribution is 2.34. The van der Waals surface area contributed by atoms with Crippen LogP contribution in [-0.4, -0.2) is 23.0 Å². The first-order valence-corrected chi connectivity index (χ1v) is 7.38. The number of hydrogen-bond acceptors (Lipinski definition) is 7. The van der Waals surface area contributed by atoms with Crippen molar-refractivity contribution in [3.05, 3.63) is 50.8 Å². The van der Waals surface area contributed by atoms with Gasteiger partial charge in [0.25, 0.3) is 5.69 Å². The van der Waals surface area contributed by atoms with Gasteiger partial charge in [0.1, 0.15) is 9.53 Å². The lowest BCUT2D eigenvalue weighted by Gasteiger charge is -2.09.